The van der Waals surface area contributed by atoms with Gasteiger partial charge in [0.25, 0.3) is 0 Å². The summed E-state index contributed by atoms with van der Waals surface area (Å²) in [5.41, 5.74) is 0. The summed E-state index contributed by atoms with van der Waals surface area (Å²) < 4.78 is 10.7. The number of nitrogens with one attached hydrogen (secondary N) is 1. The highest BCUT2D eigenvalue weighted by Crippen LogP contribution is 2.23. The van der Waals surface area contributed by atoms with Crippen LogP contribution in [0.1, 0.15) is 31.5 Å². The van der Waals surface area contributed by atoms with E-state index in [2.05, 4.69) is 15.5 Å². The molecule has 1 aromatic rings. The van der Waals surface area contributed by atoms with Crippen LogP contribution in [0.3, 0.4) is 0 Å². The lowest BCUT2D eigenvalue weighted by Gasteiger charge is -2.35. The second-order valence-corrected chi connectivity index (χ2v) is 3.84. The van der Waals surface area contributed by atoms with E-state index in [4.69, 9.17) is 9.15 Å². The Balaban J connectivity index is 1.64. The van der Waals surface area contributed by atoms with Crippen LogP contribution in [-0.2, 0) is 11.3 Å². The molecule has 1 aliphatic carbocycles. The number of rotatable bonds is 5. The average molecular weight is 211 g/mol. The lowest BCUT2D eigenvalue weighted by molar-refractivity contribution is -0.0106. The van der Waals surface area contributed by atoms with Crippen LogP contribution in [0, 0.1) is 6.92 Å². The van der Waals surface area contributed by atoms with E-state index in [-0.39, 0.29) is 0 Å². The minimum Gasteiger partial charge on any atom is -0.424 e. The molecule has 5 nitrogen and oxygen atoms in total. The molecular formula is C10H17N3O2. The van der Waals surface area contributed by atoms with E-state index in [9.17, 15) is 0 Å². The van der Waals surface area contributed by atoms with Gasteiger partial charge in [-0.05, 0) is 19.8 Å². The van der Waals surface area contributed by atoms with Gasteiger partial charge in [-0.2, -0.15) is 0 Å². The number of aryl methyl sites for hydroxylation is 1. The zero-order valence-corrected chi connectivity index (χ0v) is 9.19. The van der Waals surface area contributed by atoms with Gasteiger partial charge in [-0.15, -0.1) is 10.2 Å². The van der Waals surface area contributed by atoms with E-state index in [0.717, 1.165) is 19.4 Å². The van der Waals surface area contributed by atoms with E-state index in [1.165, 1.54) is 0 Å². The van der Waals surface area contributed by atoms with Crippen molar-refractivity contribution >= 4 is 0 Å². The lowest BCUT2D eigenvalue weighted by atomic mass is 9.89. The number of ether oxygens (including phenoxy) is 1. The zero-order chi connectivity index (χ0) is 10.7. The largest absolute Gasteiger partial charge is 0.424 e. The smallest absolute Gasteiger partial charge is 0.230 e. The third kappa shape index (κ3) is 2.76. The van der Waals surface area contributed by atoms with Gasteiger partial charge in [0, 0.05) is 19.6 Å². The number of aromatic nitrogens is 2. The first-order valence-corrected chi connectivity index (χ1v) is 5.42. The molecule has 0 saturated heterocycles. The molecule has 0 atom stereocenters. The highest BCUT2D eigenvalue weighted by Gasteiger charge is 2.29. The molecule has 1 N–H and O–H groups in total. The maximum Gasteiger partial charge on any atom is 0.230 e. The summed E-state index contributed by atoms with van der Waals surface area (Å²) in [4.78, 5) is 0. The molecule has 1 aliphatic rings. The Bertz CT molecular complexity index is 307. The Labute approximate surface area is 89.2 Å². The van der Waals surface area contributed by atoms with E-state index in [1.54, 1.807) is 6.92 Å². The van der Waals surface area contributed by atoms with Crippen LogP contribution in [0.25, 0.3) is 0 Å². The number of hydrogen-bond acceptors (Lipinski definition) is 5. The summed E-state index contributed by atoms with van der Waals surface area (Å²) in [5.74, 6) is 1.28. The Morgan fingerprint density at radius 2 is 2.27 bits per heavy atom. The minimum atomic E-state index is 0.442. The molecule has 0 amide bonds. The molecule has 0 bridgehead atoms. The molecule has 5 heteroatoms. The van der Waals surface area contributed by atoms with E-state index < -0.39 is 0 Å². The van der Waals surface area contributed by atoms with Gasteiger partial charge in [0.05, 0.1) is 12.6 Å². The molecule has 0 spiro atoms. The van der Waals surface area contributed by atoms with Crippen LogP contribution in [0.2, 0.25) is 0 Å². The van der Waals surface area contributed by atoms with Crippen LogP contribution in [-0.4, -0.2) is 29.0 Å². The van der Waals surface area contributed by atoms with Gasteiger partial charge in [0.15, 0.2) is 0 Å². The summed E-state index contributed by atoms with van der Waals surface area (Å²) in [5, 5.41) is 11.1. The molecular weight excluding hydrogens is 194 g/mol. The van der Waals surface area contributed by atoms with Crippen molar-refractivity contribution in [2.75, 3.05) is 6.61 Å². The quantitative estimate of drug-likeness (QED) is 0.788. The van der Waals surface area contributed by atoms with Gasteiger partial charge in [0.2, 0.25) is 11.8 Å². The highest BCUT2D eigenvalue weighted by atomic mass is 16.5. The van der Waals surface area contributed by atoms with Crippen molar-refractivity contribution in [3.05, 3.63) is 11.8 Å². The third-order valence-corrected chi connectivity index (χ3v) is 2.61. The van der Waals surface area contributed by atoms with Crippen molar-refractivity contribution < 1.29 is 9.15 Å². The van der Waals surface area contributed by atoms with Gasteiger partial charge in [-0.25, -0.2) is 0 Å². The predicted octanol–water partition coefficient (Wildman–Crippen LogP) is 1.04. The summed E-state index contributed by atoms with van der Waals surface area (Å²) >= 11 is 0. The van der Waals surface area contributed by atoms with Gasteiger partial charge < -0.3 is 14.5 Å². The average Bonchev–Trinajstić information content (AvgIpc) is 2.55. The van der Waals surface area contributed by atoms with Gasteiger partial charge in [-0.1, -0.05) is 0 Å². The molecule has 0 unspecified atom stereocenters. The molecule has 0 aliphatic heterocycles. The molecule has 0 aromatic carbocycles. The van der Waals surface area contributed by atoms with E-state index >= 15 is 0 Å². The maximum absolute atomic E-state index is 5.47. The molecule has 0 radical (unpaired) electrons. The molecule has 1 fully saturated rings. The van der Waals surface area contributed by atoms with E-state index in [0.29, 0.717) is 30.5 Å². The highest BCUT2D eigenvalue weighted by molar-refractivity contribution is 4.88. The third-order valence-electron chi connectivity index (χ3n) is 2.61. The fourth-order valence-corrected chi connectivity index (χ4v) is 1.74. The second-order valence-electron chi connectivity index (χ2n) is 3.84. The molecule has 2 rings (SSSR count). The zero-order valence-electron chi connectivity index (χ0n) is 9.19. The number of hydrogen-bond donors (Lipinski definition) is 1. The first kappa shape index (κ1) is 10.6. The standard InChI is InChI=1S/C10H17N3O2/c1-3-14-9-4-8(5-9)11-6-10-13-12-7(2)15-10/h8-9,11H,3-6H2,1-2H3. The first-order valence-electron chi connectivity index (χ1n) is 5.42. The first-order chi connectivity index (χ1) is 7.28. The van der Waals surface area contributed by atoms with Crippen molar-refractivity contribution in [1.82, 2.24) is 15.5 Å². The van der Waals surface area contributed by atoms with E-state index in [1.807, 2.05) is 6.92 Å². The summed E-state index contributed by atoms with van der Waals surface area (Å²) in [6, 6.07) is 0.536. The summed E-state index contributed by atoms with van der Waals surface area (Å²) in [7, 11) is 0. The van der Waals surface area contributed by atoms with Gasteiger partial charge in [0.1, 0.15) is 0 Å². The van der Waals surface area contributed by atoms with Crippen LogP contribution in [0.4, 0.5) is 0 Å². The van der Waals surface area contributed by atoms with Crippen molar-refractivity contribution in [3.63, 3.8) is 0 Å². The Hall–Kier alpha value is -0.940. The Kier molecular flexibility index (Phi) is 3.33. The van der Waals surface area contributed by atoms with Crippen LogP contribution < -0.4 is 5.32 Å². The fraction of sp³-hybridized carbons (Fsp3) is 0.800. The van der Waals surface area contributed by atoms with Crippen molar-refractivity contribution in [1.29, 1.82) is 0 Å². The second kappa shape index (κ2) is 4.72. The van der Waals surface area contributed by atoms with Gasteiger partial charge in [-0.3, -0.25) is 0 Å². The van der Waals surface area contributed by atoms with Crippen LogP contribution in [0.15, 0.2) is 4.42 Å². The summed E-state index contributed by atoms with van der Waals surface area (Å²) in [6.45, 7) is 5.29. The monoisotopic (exact) mass is 211 g/mol. The normalized spacial score (nSPS) is 25.2. The van der Waals surface area contributed by atoms with Gasteiger partial charge >= 0.3 is 0 Å². The fourth-order valence-electron chi connectivity index (χ4n) is 1.74. The van der Waals surface area contributed by atoms with Crippen molar-refractivity contribution in [2.24, 2.45) is 0 Å². The number of nitrogens with zero attached hydrogens (tertiary/aromatic N) is 2. The molecule has 84 valence electrons. The molecule has 15 heavy (non-hydrogen) atoms. The molecule has 1 heterocycles. The predicted molar refractivity (Wildman–Crippen MR) is 54.3 cm³/mol. The van der Waals surface area contributed by atoms with Crippen LogP contribution in [0.5, 0.6) is 0 Å². The topological polar surface area (TPSA) is 60.2 Å². The van der Waals surface area contributed by atoms with Crippen molar-refractivity contribution in [3.8, 4) is 0 Å². The molecule has 1 saturated carbocycles. The SMILES string of the molecule is CCOC1CC(NCc2nnc(C)o2)C1. The van der Waals surface area contributed by atoms with Crippen LogP contribution >= 0.6 is 0 Å². The lowest BCUT2D eigenvalue weighted by Crippen LogP contribution is -2.45. The molecule has 1 aromatic heterocycles. The van der Waals surface area contributed by atoms with Crippen molar-refractivity contribution in [2.45, 2.75) is 45.4 Å². The Morgan fingerprint density at radius 3 is 2.87 bits per heavy atom. The minimum absolute atomic E-state index is 0.442. The maximum atomic E-state index is 5.47. The summed E-state index contributed by atoms with van der Waals surface area (Å²) in [6.07, 6.45) is 2.61. The Morgan fingerprint density at radius 1 is 1.47 bits per heavy atom.